The van der Waals surface area contributed by atoms with Crippen LogP contribution in [0.2, 0.25) is 0 Å². The number of halogens is 1. The lowest BCUT2D eigenvalue weighted by Gasteiger charge is -2.23. The van der Waals surface area contributed by atoms with Gasteiger partial charge in [0.2, 0.25) is 0 Å². The molecule has 0 aliphatic rings. The lowest BCUT2D eigenvalue weighted by Crippen LogP contribution is -2.22. The summed E-state index contributed by atoms with van der Waals surface area (Å²) in [5.74, 6) is 0. The van der Waals surface area contributed by atoms with Crippen LogP contribution in [0, 0.1) is 0 Å². The quantitative estimate of drug-likeness (QED) is 0.886. The highest BCUT2D eigenvalue weighted by Gasteiger charge is 2.20. The first-order valence-corrected chi connectivity index (χ1v) is 5.74. The molecule has 0 aliphatic heterocycles. The molecule has 0 bridgehead atoms. The third-order valence-electron chi connectivity index (χ3n) is 2.57. The highest BCUT2D eigenvalue weighted by molar-refractivity contribution is 9.10. The van der Waals surface area contributed by atoms with Crippen LogP contribution in [-0.2, 0) is 5.41 Å². The molecule has 1 N–H and O–H groups in total. The molecular weight excluding hydrogens is 252 g/mol. The Kier molecular flexibility index (Phi) is 3.74. The van der Waals surface area contributed by atoms with Crippen molar-refractivity contribution in [3.63, 3.8) is 0 Å². The monoisotopic (exact) mass is 268 g/mol. The summed E-state index contributed by atoms with van der Waals surface area (Å²) in [4.78, 5) is 0. The predicted molar refractivity (Wildman–Crippen MR) is 69.0 cm³/mol. The number of aliphatic hydroxyl groups is 1. The van der Waals surface area contributed by atoms with E-state index >= 15 is 0 Å². The van der Waals surface area contributed by atoms with Gasteiger partial charge in [0.25, 0.3) is 0 Å². The normalized spacial score (nSPS) is 11.5. The maximum Gasteiger partial charge on any atom is 0.0522 e. The van der Waals surface area contributed by atoms with Gasteiger partial charge in [-0.2, -0.15) is 0 Å². The van der Waals surface area contributed by atoms with Crippen LogP contribution in [0.3, 0.4) is 0 Å². The molecule has 0 aliphatic carbocycles. The second-order valence-corrected chi connectivity index (χ2v) is 5.47. The zero-order valence-electron chi connectivity index (χ0n) is 9.47. The van der Waals surface area contributed by atoms with Gasteiger partial charge < -0.3 is 5.11 Å². The molecule has 0 radical (unpaired) electrons. The first-order chi connectivity index (χ1) is 6.86. The van der Waals surface area contributed by atoms with Crippen LogP contribution in [0.1, 0.15) is 31.9 Å². The molecule has 0 saturated heterocycles. The number of benzene rings is 1. The number of hydrogen-bond acceptors (Lipinski definition) is 1. The molecule has 1 aromatic carbocycles. The second-order valence-electron chi connectivity index (χ2n) is 4.55. The van der Waals surface area contributed by atoms with E-state index in [0.717, 1.165) is 21.2 Å². The molecule has 0 atom stereocenters. The molecule has 82 valence electrons. The number of allylic oxidation sites excluding steroid dienone is 1. The zero-order chi connectivity index (χ0) is 11.6. The third kappa shape index (κ3) is 2.93. The Morgan fingerprint density at radius 2 is 2.00 bits per heavy atom. The topological polar surface area (TPSA) is 20.2 Å². The van der Waals surface area contributed by atoms with Gasteiger partial charge in [-0.05, 0) is 30.2 Å². The summed E-state index contributed by atoms with van der Waals surface area (Å²) in [7, 11) is 0. The van der Waals surface area contributed by atoms with E-state index in [1.54, 1.807) is 0 Å². The van der Waals surface area contributed by atoms with E-state index in [4.69, 9.17) is 0 Å². The van der Waals surface area contributed by atoms with E-state index in [2.05, 4.69) is 28.6 Å². The SMILES string of the molecule is C=C(C)c1cc(Br)cc(C(C)(C)CO)c1. The molecule has 0 fully saturated rings. The largest absolute Gasteiger partial charge is 0.395 e. The first-order valence-electron chi connectivity index (χ1n) is 4.94. The lowest BCUT2D eigenvalue weighted by molar-refractivity contribution is 0.218. The average Bonchev–Trinajstić information content (AvgIpc) is 2.16. The fourth-order valence-corrected chi connectivity index (χ4v) is 1.81. The fraction of sp³-hybridized carbons (Fsp3) is 0.385. The highest BCUT2D eigenvalue weighted by Crippen LogP contribution is 2.28. The Morgan fingerprint density at radius 3 is 2.47 bits per heavy atom. The molecule has 15 heavy (non-hydrogen) atoms. The van der Waals surface area contributed by atoms with Gasteiger partial charge in [0.15, 0.2) is 0 Å². The van der Waals surface area contributed by atoms with Gasteiger partial charge in [-0.25, -0.2) is 0 Å². The fourth-order valence-electron chi connectivity index (χ4n) is 1.32. The summed E-state index contributed by atoms with van der Waals surface area (Å²) in [6, 6.07) is 6.17. The summed E-state index contributed by atoms with van der Waals surface area (Å²) in [5, 5.41) is 9.33. The zero-order valence-corrected chi connectivity index (χ0v) is 11.1. The maximum atomic E-state index is 9.33. The second kappa shape index (κ2) is 4.50. The Labute approximate surface area is 100.0 Å². The van der Waals surface area contributed by atoms with Crippen LogP contribution in [0.25, 0.3) is 5.57 Å². The molecule has 0 saturated carbocycles. The minimum Gasteiger partial charge on any atom is -0.395 e. The first kappa shape index (κ1) is 12.5. The van der Waals surface area contributed by atoms with Crippen molar-refractivity contribution < 1.29 is 5.11 Å². The molecule has 1 aromatic rings. The van der Waals surface area contributed by atoms with E-state index in [1.807, 2.05) is 32.9 Å². The number of rotatable bonds is 3. The van der Waals surface area contributed by atoms with Gasteiger partial charge in [-0.3, -0.25) is 0 Å². The van der Waals surface area contributed by atoms with Crippen LogP contribution in [-0.4, -0.2) is 11.7 Å². The van der Waals surface area contributed by atoms with Crippen molar-refractivity contribution in [2.45, 2.75) is 26.2 Å². The van der Waals surface area contributed by atoms with Crippen LogP contribution in [0.4, 0.5) is 0 Å². The van der Waals surface area contributed by atoms with Crippen molar-refractivity contribution >= 4 is 21.5 Å². The van der Waals surface area contributed by atoms with E-state index in [0.29, 0.717) is 0 Å². The summed E-state index contributed by atoms with van der Waals surface area (Å²) in [5.41, 5.74) is 3.05. The minimum absolute atomic E-state index is 0.138. The molecule has 1 nitrogen and oxygen atoms in total. The van der Waals surface area contributed by atoms with Crippen molar-refractivity contribution in [3.05, 3.63) is 40.4 Å². The van der Waals surface area contributed by atoms with Gasteiger partial charge in [0, 0.05) is 9.89 Å². The third-order valence-corrected chi connectivity index (χ3v) is 3.03. The molecule has 0 aromatic heterocycles. The Morgan fingerprint density at radius 1 is 1.40 bits per heavy atom. The van der Waals surface area contributed by atoms with Crippen molar-refractivity contribution in [1.82, 2.24) is 0 Å². The van der Waals surface area contributed by atoms with Crippen molar-refractivity contribution in [2.75, 3.05) is 6.61 Å². The van der Waals surface area contributed by atoms with Gasteiger partial charge in [0.1, 0.15) is 0 Å². The van der Waals surface area contributed by atoms with Crippen molar-refractivity contribution in [1.29, 1.82) is 0 Å². The van der Waals surface area contributed by atoms with Crippen LogP contribution < -0.4 is 0 Å². The summed E-state index contributed by atoms with van der Waals surface area (Å²) in [6.45, 7) is 10.1. The predicted octanol–water partition coefficient (Wildman–Crippen LogP) is 3.75. The van der Waals surface area contributed by atoms with Crippen LogP contribution in [0.5, 0.6) is 0 Å². The van der Waals surface area contributed by atoms with Crippen LogP contribution in [0.15, 0.2) is 29.3 Å². The van der Waals surface area contributed by atoms with E-state index in [-0.39, 0.29) is 12.0 Å². The molecule has 0 unspecified atom stereocenters. The minimum atomic E-state index is -0.214. The number of aliphatic hydroxyl groups excluding tert-OH is 1. The van der Waals surface area contributed by atoms with Gasteiger partial charge in [-0.15, -0.1) is 0 Å². The summed E-state index contributed by atoms with van der Waals surface area (Å²) in [6.07, 6.45) is 0. The van der Waals surface area contributed by atoms with Crippen LogP contribution >= 0.6 is 15.9 Å². The smallest absolute Gasteiger partial charge is 0.0522 e. The summed E-state index contributed by atoms with van der Waals surface area (Å²) >= 11 is 3.48. The van der Waals surface area contributed by atoms with Crippen molar-refractivity contribution in [3.8, 4) is 0 Å². The Hall–Kier alpha value is -0.600. The van der Waals surface area contributed by atoms with Gasteiger partial charge >= 0.3 is 0 Å². The Balaban J connectivity index is 3.26. The Bertz CT molecular complexity index is 380. The molecule has 0 heterocycles. The lowest BCUT2D eigenvalue weighted by atomic mass is 9.84. The average molecular weight is 269 g/mol. The van der Waals surface area contributed by atoms with Gasteiger partial charge in [0.05, 0.1) is 6.61 Å². The highest BCUT2D eigenvalue weighted by atomic mass is 79.9. The molecular formula is C13H17BrO. The summed E-state index contributed by atoms with van der Waals surface area (Å²) < 4.78 is 1.03. The maximum absolute atomic E-state index is 9.33. The van der Waals surface area contributed by atoms with Crippen molar-refractivity contribution in [2.24, 2.45) is 0 Å². The van der Waals surface area contributed by atoms with E-state index in [9.17, 15) is 5.11 Å². The molecule has 0 amide bonds. The van der Waals surface area contributed by atoms with E-state index in [1.165, 1.54) is 0 Å². The molecule has 0 spiro atoms. The molecule has 1 rings (SSSR count). The standard InChI is InChI=1S/C13H17BrO/c1-9(2)10-5-11(7-12(14)6-10)13(3,4)8-15/h5-7,15H,1,8H2,2-4H3. The van der Waals surface area contributed by atoms with E-state index < -0.39 is 0 Å². The molecule has 2 heteroatoms. The number of hydrogen-bond donors (Lipinski definition) is 1. The van der Waals surface area contributed by atoms with Gasteiger partial charge in [-0.1, -0.05) is 48.0 Å².